The number of hydrogen-bond acceptors (Lipinski definition) is 3. The molecule has 162 valence electrons. The Hall–Kier alpha value is -3.12. The average Bonchev–Trinajstić information content (AvgIpc) is 2.75. The van der Waals surface area contributed by atoms with Gasteiger partial charge in [-0.05, 0) is 80.3 Å². The number of hydrogen-bond donors (Lipinski definition) is 1. The van der Waals surface area contributed by atoms with Gasteiger partial charge >= 0.3 is 0 Å². The van der Waals surface area contributed by atoms with Gasteiger partial charge < -0.3 is 5.32 Å². The van der Waals surface area contributed by atoms with E-state index in [4.69, 9.17) is 0 Å². The maximum absolute atomic E-state index is 13.1. The fourth-order valence-corrected chi connectivity index (χ4v) is 4.55. The van der Waals surface area contributed by atoms with Crippen LogP contribution in [-0.2, 0) is 10.0 Å². The highest BCUT2D eigenvalue weighted by atomic mass is 32.2. The molecular formula is C25H28N2O3S. The average molecular weight is 437 g/mol. The van der Waals surface area contributed by atoms with Gasteiger partial charge in [0.25, 0.3) is 15.9 Å². The maximum Gasteiger partial charge on any atom is 0.264 e. The first kappa shape index (κ1) is 22.6. The molecule has 3 aromatic carbocycles. The Morgan fingerprint density at radius 1 is 0.903 bits per heavy atom. The van der Waals surface area contributed by atoms with Crippen molar-refractivity contribution in [2.45, 2.75) is 38.6 Å². The zero-order chi connectivity index (χ0) is 22.8. The van der Waals surface area contributed by atoms with Crippen LogP contribution in [0.2, 0.25) is 0 Å². The fraction of sp³-hybridized carbons (Fsp3) is 0.240. The lowest BCUT2D eigenvalue weighted by atomic mass is 10.0. The highest BCUT2D eigenvalue weighted by molar-refractivity contribution is 7.92. The third kappa shape index (κ3) is 4.97. The molecular weight excluding hydrogens is 408 g/mol. The highest BCUT2D eigenvalue weighted by Crippen LogP contribution is 2.24. The molecule has 0 saturated heterocycles. The molecule has 5 nitrogen and oxygen atoms in total. The molecule has 1 N–H and O–H groups in total. The van der Waals surface area contributed by atoms with Crippen LogP contribution in [0.3, 0.4) is 0 Å². The van der Waals surface area contributed by atoms with Gasteiger partial charge in [0, 0.05) is 12.6 Å². The first-order valence-electron chi connectivity index (χ1n) is 10.1. The van der Waals surface area contributed by atoms with Crippen LogP contribution in [0.5, 0.6) is 0 Å². The van der Waals surface area contributed by atoms with Gasteiger partial charge in [0.05, 0.1) is 16.6 Å². The van der Waals surface area contributed by atoms with E-state index in [0.717, 1.165) is 16.7 Å². The summed E-state index contributed by atoms with van der Waals surface area (Å²) < 4.78 is 27.5. The summed E-state index contributed by atoms with van der Waals surface area (Å²) in [7, 11) is -2.29. The zero-order valence-electron chi connectivity index (χ0n) is 18.5. The molecule has 0 aliphatic heterocycles. The Bertz CT molecular complexity index is 1220. The molecule has 0 saturated carbocycles. The molecule has 0 radical (unpaired) electrons. The van der Waals surface area contributed by atoms with Crippen molar-refractivity contribution in [1.82, 2.24) is 5.32 Å². The summed E-state index contributed by atoms with van der Waals surface area (Å²) >= 11 is 0. The smallest absolute Gasteiger partial charge is 0.264 e. The summed E-state index contributed by atoms with van der Waals surface area (Å²) in [5.74, 6) is -0.319. The normalized spacial score (nSPS) is 12.3. The Labute approximate surface area is 184 Å². The Kier molecular flexibility index (Phi) is 6.51. The first-order chi connectivity index (χ1) is 14.6. The van der Waals surface area contributed by atoms with Gasteiger partial charge in [-0.2, -0.15) is 0 Å². The minimum absolute atomic E-state index is 0.0722. The van der Waals surface area contributed by atoms with Gasteiger partial charge in [0.2, 0.25) is 0 Å². The summed E-state index contributed by atoms with van der Waals surface area (Å²) in [6.07, 6.45) is 0. The number of carbonyl (C=O) groups is 1. The number of benzene rings is 3. The first-order valence-corrected chi connectivity index (χ1v) is 11.6. The van der Waals surface area contributed by atoms with E-state index in [2.05, 4.69) is 11.4 Å². The molecule has 0 fully saturated rings. The SMILES string of the molecule is Cc1cccc(N(C)S(=O)(=O)c2cccc(C(=O)N[C@H](C)c3ccc(C)c(C)c3)c2)c1. The molecule has 0 unspecified atom stereocenters. The molecule has 3 aromatic rings. The summed E-state index contributed by atoms with van der Waals surface area (Å²) in [5.41, 5.74) is 5.18. The third-order valence-corrected chi connectivity index (χ3v) is 7.28. The minimum atomic E-state index is -3.80. The molecule has 0 aliphatic rings. The van der Waals surface area contributed by atoms with Crippen LogP contribution in [0.4, 0.5) is 5.69 Å². The zero-order valence-corrected chi connectivity index (χ0v) is 19.3. The lowest BCUT2D eigenvalue weighted by molar-refractivity contribution is 0.0939. The van der Waals surface area contributed by atoms with E-state index in [0.29, 0.717) is 11.3 Å². The van der Waals surface area contributed by atoms with Crippen molar-refractivity contribution < 1.29 is 13.2 Å². The lowest BCUT2D eigenvalue weighted by Gasteiger charge is -2.20. The molecule has 0 heterocycles. The molecule has 1 amide bonds. The van der Waals surface area contributed by atoms with Crippen molar-refractivity contribution in [3.8, 4) is 0 Å². The maximum atomic E-state index is 13.1. The van der Waals surface area contributed by atoms with E-state index in [1.807, 2.05) is 52.0 Å². The van der Waals surface area contributed by atoms with Gasteiger partial charge in [-0.15, -0.1) is 0 Å². The second-order valence-electron chi connectivity index (χ2n) is 7.88. The molecule has 0 aromatic heterocycles. The van der Waals surface area contributed by atoms with Gasteiger partial charge in [-0.1, -0.05) is 36.4 Å². The summed E-state index contributed by atoms with van der Waals surface area (Å²) in [5, 5.41) is 2.96. The number of rotatable bonds is 6. The van der Waals surface area contributed by atoms with Crippen molar-refractivity contribution >= 4 is 21.6 Å². The van der Waals surface area contributed by atoms with Crippen molar-refractivity contribution in [3.05, 3.63) is 94.5 Å². The van der Waals surface area contributed by atoms with Gasteiger partial charge in [-0.25, -0.2) is 8.42 Å². The summed E-state index contributed by atoms with van der Waals surface area (Å²) in [4.78, 5) is 12.9. The van der Waals surface area contributed by atoms with Crippen LogP contribution in [0.15, 0.2) is 71.6 Å². The van der Waals surface area contributed by atoms with Crippen molar-refractivity contribution in [2.75, 3.05) is 11.4 Å². The topological polar surface area (TPSA) is 66.5 Å². The van der Waals surface area contributed by atoms with Crippen LogP contribution in [-0.4, -0.2) is 21.4 Å². The Morgan fingerprint density at radius 2 is 1.61 bits per heavy atom. The lowest BCUT2D eigenvalue weighted by Crippen LogP contribution is -2.28. The second kappa shape index (κ2) is 8.94. The van der Waals surface area contributed by atoms with Crippen molar-refractivity contribution in [3.63, 3.8) is 0 Å². The number of sulfonamides is 1. The van der Waals surface area contributed by atoms with E-state index in [1.54, 1.807) is 24.3 Å². The Balaban J connectivity index is 1.83. The molecule has 0 spiro atoms. The molecule has 0 bridgehead atoms. The van der Waals surface area contributed by atoms with E-state index >= 15 is 0 Å². The number of aryl methyl sites for hydroxylation is 3. The van der Waals surface area contributed by atoms with Crippen molar-refractivity contribution in [1.29, 1.82) is 0 Å². The van der Waals surface area contributed by atoms with Crippen LogP contribution in [0, 0.1) is 20.8 Å². The van der Waals surface area contributed by atoms with E-state index in [9.17, 15) is 13.2 Å². The monoisotopic (exact) mass is 436 g/mol. The standard InChI is InChI=1S/C25H28N2O3S/c1-17-8-6-10-23(14-17)27(5)31(29,30)24-11-7-9-22(16-24)25(28)26-20(4)21-13-12-18(2)19(3)15-21/h6-16,20H,1-5H3,(H,26,28)/t20-/m1/s1. The highest BCUT2D eigenvalue weighted by Gasteiger charge is 2.23. The van der Waals surface area contributed by atoms with Gasteiger partial charge in [0.1, 0.15) is 0 Å². The number of anilines is 1. The number of amides is 1. The third-order valence-electron chi connectivity index (χ3n) is 5.50. The van der Waals surface area contributed by atoms with Gasteiger partial charge in [0.15, 0.2) is 0 Å². The number of nitrogens with one attached hydrogen (secondary N) is 1. The second-order valence-corrected chi connectivity index (χ2v) is 9.85. The minimum Gasteiger partial charge on any atom is -0.346 e. The molecule has 0 aliphatic carbocycles. The number of nitrogens with zero attached hydrogens (tertiary/aromatic N) is 1. The molecule has 6 heteroatoms. The predicted molar refractivity (Wildman–Crippen MR) is 125 cm³/mol. The molecule has 1 atom stereocenters. The number of carbonyl (C=O) groups excluding carboxylic acids is 1. The van der Waals surface area contributed by atoms with Crippen LogP contribution in [0.1, 0.15) is 45.6 Å². The van der Waals surface area contributed by atoms with Crippen molar-refractivity contribution in [2.24, 2.45) is 0 Å². The Morgan fingerprint density at radius 3 is 2.29 bits per heavy atom. The van der Waals surface area contributed by atoms with Crippen LogP contribution in [0.25, 0.3) is 0 Å². The quantitative estimate of drug-likeness (QED) is 0.596. The van der Waals surface area contributed by atoms with Crippen LogP contribution < -0.4 is 9.62 Å². The van der Waals surface area contributed by atoms with Gasteiger partial charge in [-0.3, -0.25) is 9.10 Å². The summed E-state index contributed by atoms with van der Waals surface area (Å²) in [6.45, 7) is 7.90. The largest absolute Gasteiger partial charge is 0.346 e. The van der Waals surface area contributed by atoms with E-state index in [1.165, 1.54) is 29.0 Å². The van der Waals surface area contributed by atoms with Crippen LogP contribution >= 0.6 is 0 Å². The molecule has 3 rings (SSSR count). The van der Waals surface area contributed by atoms with E-state index in [-0.39, 0.29) is 16.8 Å². The molecule has 31 heavy (non-hydrogen) atoms. The fourth-order valence-electron chi connectivity index (χ4n) is 3.32. The summed E-state index contributed by atoms with van der Waals surface area (Å²) in [6, 6.07) is 19.3. The van der Waals surface area contributed by atoms with E-state index < -0.39 is 10.0 Å². The predicted octanol–water partition coefficient (Wildman–Crippen LogP) is 4.93.